The molecule has 0 aliphatic heterocycles. The summed E-state index contributed by atoms with van der Waals surface area (Å²) in [5.41, 5.74) is 0.868. The first-order chi connectivity index (χ1) is 13.4. The highest BCUT2D eigenvalue weighted by Gasteiger charge is 2.15. The third kappa shape index (κ3) is 5.97. The van der Waals surface area contributed by atoms with Gasteiger partial charge in [-0.25, -0.2) is 13.1 Å². The van der Waals surface area contributed by atoms with Gasteiger partial charge in [0.15, 0.2) is 6.61 Å². The number of ether oxygens (including phenoxy) is 2. The molecule has 2 aromatic rings. The summed E-state index contributed by atoms with van der Waals surface area (Å²) in [7, 11) is -1.94. The summed E-state index contributed by atoms with van der Waals surface area (Å²) in [5.74, 6) is 0.818. The molecule has 0 saturated heterocycles. The van der Waals surface area contributed by atoms with Crippen LogP contribution in [-0.4, -0.2) is 34.6 Å². The van der Waals surface area contributed by atoms with E-state index in [2.05, 4.69) is 10.0 Å². The van der Waals surface area contributed by atoms with Gasteiger partial charge in [0.2, 0.25) is 10.0 Å². The van der Waals surface area contributed by atoms with Crippen molar-refractivity contribution in [3.8, 4) is 11.5 Å². The Hall–Kier alpha value is -2.58. The summed E-state index contributed by atoms with van der Waals surface area (Å²) in [6.45, 7) is 3.95. The van der Waals surface area contributed by atoms with Crippen molar-refractivity contribution in [2.75, 3.05) is 20.3 Å². The van der Waals surface area contributed by atoms with Crippen molar-refractivity contribution < 1.29 is 22.7 Å². The number of para-hydroxylation sites is 1. The van der Waals surface area contributed by atoms with Gasteiger partial charge >= 0.3 is 0 Å². The average molecular weight is 407 g/mol. The number of hydrogen-bond acceptors (Lipinski definition) is 5. The van der Waals surface area contributed by atoms with E-state index in [1.54, 1.807) is 7.11 Å². The van der Waals surface area contributed by atoms with E-state index in [0.29, 0.717) is 24.5 Å². The molecule has 7 nitrogen and oxygen atoms in total. The number of benzene rings is 2. The normalized spacial score (nSPS) is 12.2. The molecule has 0 radical (unpaired) electrons. The lowest BCUT2D eigenvalue weighted by atomic mass is 10.1. The predicted molar refractivity (Wildman–Crippen MR) is 107 cm³/mol. The van der Waals surface area contributed by atoms with Gasteiger partial charge in [-0.05, 0) is 43.7 Å². The summed E-state index contributed by atoms with van der Waals surface area (Å²) in [6, 6.07) is 13.2. The highest BCUT2D eigenvalue weighted by Crippen LogP contribution is 2.24. The van der Waals surface area contributed by atoms with Crippen LogP contribution in [0.4, 0.5) is 0 Å². The molecule has 0 spiro atoms. The fraction of sp³-hybridized carbons (Fsp3) is 0.350. The van der Waals surface area contributed by atoms with Crippen molar-refractivity contribution in [3.05, 3.63) is 54.1 Å². The van der Waals surface area contributed by atoms with Gasteiger partial charge in [0, 0.05) is 12.1 Å². The van der Waals surface area contributed by atoms with Crippen molar-refractivity contribution in [1.29, 1.82) is 0 Å². The molecule has 1 atom stereocenters. The summed E-state index contributed by atoms with van der Waals surface area (Å²) in [5, 5.41) is 2.85. The Labute approximate surface area is 166 Å². The summed E-state index contributed by atoms with van der Waals surface area (Å²) < 4.78 is 37.4. The number of nitrogens with one attached hydrogen (secondary N) is 2. The molecule has 8 heteroatoms. The molecule has 2 rings (SSSR count). The fourth-order valence-corrected chi connectivity index (χ4v) is 3.70. The zero-order valence-corrected chi connectivity index (χ0v) is 17.1. The number of hydrogen-bond donors (Lipinski definition) is 2. The number of amides is 1. The van der Waals surface area contributed by atoms with Gasteiger partial charge in [-0.3, -0.25) is 4.79 Å². The molecule has 0 bridgehead atoms. The van der Waals surface area contributed by atoms with Gasteiger partial charge in [-0.2, -0.15) is 0 Å². The minimum absolute atomic E-state index is 0.155. The highest BCUT2D eigenvalue weighted by atomic mass is 32.2. The fourth-order valence-electron chi connectivity index (χ4n) is 2.57. The quantitative estimate of drug-likeness (QED) is 0.633. The van der Waals surface area contributed by atoms with E-state index in [9.17, 15) is 13.2 Å². The zero-order chi connectivity index (χ0) is 20.6. The van der Waals surface area contributed by atoms with Crippen LogP contribution in [-0.2, 0) is 14.8 Å². The van der Waals surface area contributed by atoms with Crippen molar-refractivity contribution in [3.63, 3.8) is 0 Å². The van der Waals surface area contributed by atoms with E-state index >= 15 is 0 Å². The maximum Gasteiger partial charge on any atom is 0.258 e. The predicted octanol–water partition coefficient (Wildman–Crippen LogP) is 2.64. The molecular weight excluding hydrogens is 380 g/mol. The molecule has 0 saturated carbocycles. The van der Waals surface area contributed by atoms with Crippen LogP contribution < -0.4 is 19.5 Å². The van der Waals surface area contributed by atoms with Gasteiger partial charge in [-0.1, -0.05) is 25.1 Å². The van der Waals surface area contributed by atoms with Crippen LogP contribution in [0.3, 0.4) is 0 Å². The van der Waals surface area contributed by atoms with E-state index in [1.165, 1.54) is 24.3 Å². The molecular formula is C20H26N2O5S. The van der Waals surface area contributed by atoms with Gasteiger partial charge in [-0.15, -0.1) is 0 Å². The minimum Gasteiger partial charge on any atom is -0.496 e. The van der Waals surface area contributed by atoms with Gasteiger partial charge in [0.25, 0.3) is 5.91 Å². The number of rotatable bonds is 10. The maximum absolute atomic E-state index is 12.2. The highest BCUT2D eigenvalue weighted by molar-refractivity contribution is 7.89. The Kier molecular flexibility index (Phi) is 7.83. The summed E-state index contributed by atoms with van der Waals surface area (Å²) in [4.78, 5) is 12.3. The van der Waals surface area contributed by atoms with Crippen LogP contribution in [0.2, 0.25) is 0 Å². The molecule has 0 unspecified atom stereocenters. The van der Waals surface area contributed by atoms with Crippen molar-refractivity contribution in [2.24, 2.45) is 0 Å². The Bertz CT molecular complexity index is 882. The smallest absolute Gasteiger partial charge is 0.258 e. The molecule has 0 aliphatic carbocycles. The largest absolute Gasteiger partial charge is 0.496 e. The van der Waals surface area contributed by atoms with Crippen molar-refractivity contribution in [1.82, 2.24) is 10.0 Å². The summed E-state index contributed by atoms with van der Waals surface area (Å²) in [6.07, 6.45) is 0.711. The molecule has 28 heavy (non-hydrogen) atoms. The van der Waals surface area contributed by atoms with E-state index < -0.39 is 10.0 Å². The van der Waals surface area contributed by atoms with Gasteiger partial charge < -0.3 is 14.8 Å². The Morgan fingerprint density at radius 3 is 2.43 bits per heavy atom. The third-order valence-corrected chi connectivity index (χ3v) is 5.51. The van der Waals surface area contributed by atoms with Crippen LogP contribution in [0.15, 0.2) is 53.4 Å². The third-order valence-electron chi connectivity index (χ3n) is 4.03. The maximum atomic E-state index is 12.2. The molecule has 0 aromatic heterocycles. The second-order valence-electron chi connectivity index (χ2n) is 6.19. The molecule has 1 amide bonds. The monoisotopic (exact) mass is 406 g/mol. The van der Waals surface area contributed by atoms with Gasteiger partial charge in [0.05, 0.1) is 18.0 Å². The lowest BCUT2D eigenvalue weighted by molar-refractivity contribution is -0.123. The van der Waals surface area contributed by atoms with Crippen LogP contribution in [0, 0.1) is 0 Å². The topological polar surface area (TPSA) is 93.7 Å². The Balaban J connectivity index is 1.90. The number of carbonyl (C=O) groups is 1. The molecule has 0 heterocycles. The standard InChI is InChI=1S/C20H26N2O5S/c1-4-13-21-28(24,25)17-11-9-16(10-12-17)27-14-20(23)22-15(2)18-7-5-6-8-19(18)26-3/h5-12,15,21H,4,13-14H2,1-3H3,(H,22,23)/t15-/m1/s1. The zero-order valence-electron chi connectivity index (χ0n) is 16.3. The first-order valence-electron chi connectivity index (χ1n) is 9.02. The first kappa shape index (κ1) is 21.7. The van der Waals surface area contributed by atoms with E-state index in [4.69, 9.17) is 9.47 Å². The average Bonchev–Trinajstić information content (AvgIpc) is 2.71. The molecule has 0 aliphatic rings. The van der Waals surface area contributed by atoms with E-state index in [0.717, 1.165) is 5.56 Å². The van der Waals surface area contributed by atoms with Crippen molar-refractivity contribution in [2.45, 2.75) is 31.2 Å². The second kappa shape index (κ2) is 10.1. The number of sulfonamides is 1. The van der Waals surface area contributed by atoms with Crippen LogP contribution in [0.25, 0.3) is 0 Å². The molecule has 0 fully saturated rings. The van der Waals surface area contributed by atoms with Crippen LogP contribution in [0.5, 0.6) is 11.5 Å². The summed E-state index contributed by atoms with van der Waals surface area (Å²) >= 11 is 0. The van der Waals surface area contributed by atoms with E-state index in [1.807, 2.05) is 38.1 Å². The SMILES string of the molecule is CCCNS(=O)(=O)c1ccc(OCC(=O)N[C@H](C)c2ccccc2OC)cc1. The number of methoxy groups -OCH3 is 1. The lowest BCUT2D eigenvalue weighted by Gasteiger charge is -2.17. The van der Waals surface area contributed by atoms with Crippen LogP contribution in [0.1, 0.15) is 31.9 Å². The lowest BCUT2D eigenvalue weighted by Crippen LogP contribution is -2.31. The minimum atomic E-state index is -3.52. The van der Waals surface area contributed by atoms with Gasteiger partial charge in [0.1, 0.15) is 11.5 Å². The molecule has 152 valence electrons. The second-order valence-corrected chi connectivity index (χ2v) is 7.96. The first-order valence-corrected chi connectivity index (χ1v) is 10.5. The van der Waals surface area contributed by atoms with Crippen LogP contribution >= 0.6 is 0 Å². The molecule has 2 aromatic carbocycles. The number of carbonyl (C=O) groups excluding carboxylic acids is 1. The van der Waals surface area contributed by atoms with E-state index in [-0.39, 0.29) is 23.5 Å². The Morgan fingerprint density at radius 1 is 1.11 bits per heavy atom. The van der Waals surface area contributed by atoms with Crippen molar-refractivity contribution >= 4 is 15.9 Å². The molecule has 2 N–H and O–H groups in total. The Morgan fingerprint density at radius 2 is 1.79 bits per heavy atom.